The summed E-state index contributed by atoms with van der Waals surface area (Å²) in [6, 6.07) is 5.66. The van der Waals surface area contributed by atoms with Crippen LogP contribution in [-0.4, -0.2) is 16.0 Å². The predicted octanol–water partition coefficient (Wildman–Crippen LogP) is 2.56. The van der Waals surface area contributed by atoms with Crippen LogP contribution in [0.4, 0.5) is 0 Å². The summed E-state index contributed by atoms with van der Waals surface area (Å²) in [7, 11) is 0. The second-order valence-electron chi connectivity index (χ2n) is 3.88. The quantitative estimate of drug-likeness (QED) is 0.666. The van der Waals surface area contributed by atoms with Crippen LogP contribution in [0.25, 0.3) is 0 Å². The molecule has 0 spiro atoms. The predicted molar refractivity (Wildman–Crippen MR) is 67.7 cm³/mol. The van der Waals surface area contributed by atoms with Crippen LogP contribution in [0.2, 0.25) is 0 Å². The van der Waals surface area contributed by atoms with Gasteiger partial charge in [0.15, 0.2) is 5.16 Å². The van der Waals surface area contributed by atoms with Crippen LogP contribution >= 0.6 is 11.8 Å². The van der Waals surface area contributed by atoms with E-state index < -0.39 is 0 Å². The lowest BCUT2D eigenvalue weighted by Crippen LogP contribution is -2.22. The van der Waals surface area contributed by atoms with Crippen molar-refractivity contribution in [2.75, 3.05) is 0 Å². The van der Waals surface area contributed by atoms with Gasteiger partial charge in [0.05, 0.1) is 5.25 Å². The zero-order chi connectivity index (χ0) is 12.3. The smallest absolute Gasteiger partial charge is 0.188 e. The van der Waals surface area contributed by atoms with Crippen LogP contribution in [-0.2, 0) is 0 Å². The summed E-state index contributed by atoms with van der Waals surface area (Å²) in [6.07, 6.45) is 3.45. The number of aryl methyl sites for hydroxylation is 1. The molecule has 90 valence electrons. The van der Waals surface area contributed by atoms with Crippen molar-refractivity contribution in [3.63, 3.8) is 0 Å². The molecule has 0 saturated carbocycles. The summed E-state index contributed by atoms with van der Waals surface area (Å²) >= 11 is 1.52. The first kappa shape index (κ1) is 12.1. The summed E-state index contributed by atoms with van der Waals surface area (Å²) in [6.45, 7) is 3.88. The van der Waals surface area contributed by atoms with Gasteiger partial charge >= 0.3 is 0 Å². The third-order valence-corrected chi connectivity index (χ3v) is 3.63. The van der Waals surface area contributed by atoms with Crippen molar-refractivity contribution in [3.8, 4) is 0 Å². The van der Waals surface area contributed by atoms with E-state index >= 15 is 0 Å². The monoisotopic (exact) mass is 249 g/mol. The number of hydrogen-bond donors (Lipinski definition) is 1. The number of hydrogen-bond acceptors (Lipinski definition) is 5. The van der Waals surface area contributed by atoms with E-state index in [1.807, 2.05) is 26.0 Å². The van der Waals surface area contributed by atoms with Gasteiger partial charge in [-0.2, -0.15) is 0 Å². The minimum absolute atomic E-state index is 0.0330. The lowest BCUT2D eigenvalue weighted by atomic mass is 10.2. The molecule has 0 amide bonds. The highest BCUT2D eigenvalue weighted by atomic mass is 32.2. The van der Waals surface area contributed by atoms with E-state index in [4.69, 9.17) is 10.2 Å². The van der Waals surface area contributed by atoms with Crippen LogP contribution in [0.3, 0.4) is 0 Å². The second-order valence-corrected chi connectivity index (χ2v) is 4.99. The average Bonchev–Trinajstić information content (AvgIpc) is 2.73. The Balaban J connectivity index is 2.19. The lowest BCUT2D eigenvalue weighted by Gasteiger charge is -2.16. The Morgan fingerprint density at radius 3 is 2.53 bits per heavy atom. The Kier molecular flexibility index (Phi) is 3.81. The van der Waals surface area contributed by atoms with Crippen LogP contribution in [0.1, 0.15) is 23.7 Å². The highest BCUT2D eigenvalue weighted by Gasteiger charge is 2.22. The van der Waals surface area contributed by atoms with Crippen molar-refractivity contribution in [1.82, 2.24) is 9.97 Å². The number of nitrogens with two attached hydrogens (primary N) is 1. The first-order chi connectivity index (χ1) is 8.16. The van der Waals surface area contributed by atoms with E-state index in [9.17, 15) is 0 Å². The molecule has 2 rings (SSSR count). The summed E-state index contributed by atoms with van der Waals surface area (Å²) in [4.78, 5) is 8.38. The highest BCUT2D eigenvalue weighted by Crippen LogP contribution is 2.35. The Morgan fingerprint density at radius 1 is 1.29 bits per heavy atom. The standard InChI is InChI=1S/C12H15N3OS/c1-8-4-5-10(16-8)11(9(2)13)17-12-14-6-3-7-15-12/h3-7,9,11H,13H2,1-2H3. The third kappa shape index (κ3) is 3.08. The molecule has 0 aliphatic carbocycles. The molecule has 2 atom stereocenters. The maximum absolute atomic E-state index is 5.99. The van der Waals surface area contributed by atoms with Crippen LogP contribution < -0.4 is 5.73 Å². The topological polar surface area (TPSA) is 64.9 Å². The van der Waals surface area contributed by atoms with Crippen molar-refractivity contribution in [2.45, 2.75) is 30.3 Å². The maximum atomic E-state index is 5.99. The van der Waals surface area contributed by atoms with Gasteiger partial charge < -0.3 is 10.2 Å². The van der Waals surface area contributed by atoms with Crippen LogP contribution in [0.5, 0.6) is 0 Å². The van der Waals surface area contributed by atoms with Crippen molar-refractivity contribution in [2.24, 2.45) is 5.73 Å². The summed E-state index contributed by atoms with van der Waals surface area (Å²) in [5.74, 6) is 1.76. The number of thioether (sulfide) groups is 1. The van der Waals surface area contributed by atoms with E-state index in [1.165, 1.54) is 11.8 Å². The van der Waals surface area contributed by atoms with E-state index in [-0.39, 0.29) is 11.3 Å². The zero-order valence-electron chi connectivity index (χ0n) is 9.83. The summed E-state index contributed by atoms with van der Waals surface area (Å²) in [5.41, 5.74) is 5.99. The molecule has 0 aliphatic heterocycles. The molecular formula is C12H15N3OS. The SMILES string of the molecule is Cc1ccc(C(Sc2ncccn2)C(C)N)o1. The van der Waals surface area contributed by atoms with Crippen molar-refractivity contribution >= 4 is 11.8 Å². The molecular weight excluding hydrogens is 234 g/mol. The highest BCUT2D eigenvalue weighted by molar-refractivity contribution is 7.99. The first-order valence-electron chi connectivity index (χ1n) is 5.42. The van der Waals surface area contributed by atoms with Gasteiger partial charge in [-0.1, -0.05) is 11.8 Å². The molecule has 2 aromatic rings. The Hall–Kier alpha value is -1.33. The molecule has 0 radical (unpaired) electrons. The van der Waals surface area contributed by atoms with Gasteiger partial charge in [0.2, 0.25) is 0 Å². The molecule has 2 heterocycles. The van der Waals surface area contributed by atoms with Crippen molar-refractivity contribution < 1.29 is 4.42 Å². The number of aromatic nitrogens is 2. The van der Waals surface area contributed by atoms with Gasteiger partial charge in [-0.25, -0.2) is 9.97 Å². The molecule has 0 aromatic carbocycles. The van der Waals surface area contributed by atoms with Gasteiger partial charge in [-0.3, -0.25) is 0 Å². The first-order valence-corrected chi connectivity index (χ1v) is 6.30. The van der Waals surface area contributed by atoms with Crippen LogP contribution in [0, 0.1) is 6.92 Å². The molecule has 2 aromatic heterocycles. The summed E-state index contributed by atoms with van der Waals surface area (Å²) in [5, 5.41) is 0.745. The van der Waals surface area contributed by atoms with Gasteiger partial charge in [-0.15, -0.1) is 0 Å². The molecule has 5 heteroatoms. The molecule has 0 fully saturated rings. The van der Waals surface area contributed by atoms with Crippen molar-refractivity contribution in [1.29, 1.82) is 0 Å². The Bertz CT molecular complexity index is 470. The number of rotatable bonds is 4. The Labute approximate surface area is 105 Å². The van der Waals surface area contributed by atoms with Gasteiger partial charge in [-0.05, 0) is 32.0 Å². The lowest BCUT2D eigenvalue weighted by molar-refractivity contribution is 0.464. The van der Waals surface area contributed by atoms with Gasteiger partial charge in [0.25, 0.3) is 0 Å². The molecule has 2 N–H and O–H groups in total. The number of nitrogens with zero attached hydrogens (tertiary/aromatic N) is 2. The molecule has 0 bridgehead atoms. The summed E-state index contributed by atoms with van der Waals surface area (Å²) < 4.78 is 5.62. The minimum Gasteiger partial charge on any atom is -0.465 e. The van der Waals surface area contributed by atoms with Gasteiger partial charge in [0.1, 0.15) is 11.5 Å². The van der Waals surface area contributed by atoms with Crippen LogP contribution in [0.15, 0.2) is 40.2 Å². The third-order valence-electron chi connectivity index (χ3n) is 2.29. The van der Waals surface area contributed by atoms with E-state index in [0.29, 0.717) is 5.16 Å². The second kappa shape index (κ2) is 5.33. The molecule has 4 nitrogen and oxygen atoms in total. The van der Waals surface area contributed by atoms with Gasteiger partial charge in [0, 0.05) is 18.4 Å². The molecule has 17 heavy (non-hydrogen) atoms. The van der Waals surface area contributed by atoms with E-state index in [2.05, 4.69) is 9.97 Å². The molecule has 0 aliphatic rings. The normalized spacial score (nSPS) is 14.5. The average molecular weight is 249 g/mol. The molecule has 2 unspecified atom stereocenters. The molecule has 0 saturated heterocycles. The number of furan rings is 1. The fourth-order valence-electron chi connectivity index (χ4n) is 1.49. The largest absolute Gasteiger partial charge is 0.465 e. The maximum Gasteiger partial charge on any atom is 0.188 e. The fraction of sp³-hybridized carbons (Fsp3) is 0.333. The fourth-order valence-corrected chi connectivity index (χ4v) is 2.42. The Morgan fingerprint density at radius 2 is 2.00 bits per heavy atom. The minimum atomic E-state index is -0.0330. The zero-order valence-corrected chi connectivity index (χ0v) is 10.6. The van der Waals surface area contributed by atoms with E-state index in [0.717, 1.165) is 11.5 Å². The van der Waals surface area contributed by atoms with E-state index in [1.54, 1.807) is 18.5 Å². The van der Waals surface area contributed by atoms with Crippen molar-refractivity contribution in [3.05, 3.63) is 42.1 Å².